The molecule has 0 saturated carbocycles. The monoisotopic (exact) mass is 1140 g/mol. The van der Waals surface area contributed by atoms with Gasteiger partial charge < -0.3 is 14.2 Å². The van der Waals surface area contributed by atoms with E-state index in [1.54, 1.807) is 0 Å². The minimum atomic E-state index is -0.777. The summed E-state index contributed by atoms with van der Waals surface area (Å²) in [6, 6.07) is 0. The highest BCUT2D eigenvalue weighted by Crippen LogP contribution is 2.19. The molecule has 1 unspecified atom stereocenters. The molecule has 81 heavy (non-hydrogen) atoms. The van der Waals surface area contributed by atoms with E-state index in [4.69, 9.17) is 14.2 Å². The summed E-state index contributed by atoms with van der Waals surface area (Å²) >= 11 is 0. The summed E-state index contributed by atoms with van der Waals surface area (Å²) in [6.45, 7) is 6.69. The number of rotatable bonds is 68. The van der Waals surface area contributed by atoms with Crippen LogP contribution >= 0.6 is 0 Å². The average molecular weight is 1140 g/mol. The number of hydrogen-bond acceptors (Lipinski definition) is 6. The zero-order valence-corrected chi connectivity index (χ0v) is 54.8. The van der Waals surface area contributed by atoms with Gasteiger partial charge in [-0.3, -0.25) is 14.4 Å². The Morgan fingerprint density at radius 2 is 0.444 bits per heavy atom. The van der Waals surface area contributed by atoms with Crippen LogP contribution in [0.15, 0.2) is 36.5 Å². The molecule has 0 saturated heterocycles. The molecule has 0 radical (unpaired) electrons. The summed E-state index contributed by atoms with van der Waals surface area (Å²) in [4.78, 5) is 38.5. The number of hydrogen-bond donors (Lipinski definition) is 0. The second-order valence-corrected chi connectivity index (χ2v) is 24.9. The molecule has 0 aliphatic rings. The molecule has 0 N–H and O–H groups in total. The lowest BCUT2D eigenvalue weighted by atomic mass is 10.0. The molecular weight excluding hydrogens is 997 g/mol. The van der Waals surface area contributed by atoms with Gasteiger partial charge >= 0.3 is 17.9 Å². The van der Waals surface area contributed by atoms with Crippen LogP contribution in [0.4, 0.5) is 0 Å². The fourth-order valence-electron chi connectivity index (χ4n) is 11.1. The molecule has 6 nitrogen and oxygen atoms in total. The fraction of sp³-hybridized carbons (Fsp3) is 0.880. The molecule has 6 heteroatoms. The van der Waals surface area contributed by atoms with E-state index < -0.39 is 6.10 Å². The van der Waals surface area contributed by atoms with E-state index in [1.807, 2.05) is 0 Å². The van der Waals surface area contributed by atoms with Crippen LogP contribution in [0.1, 0.15) is 406 Å². The molecular formula is C75H140O6. The molecule has 0 spiro atoms. The quantitative estimate of drug-likeness (QED) is 0.0261. The van der Waals surface area contributed by atoms with Crippen LogP contribution < -0.4 is 0 Å². The van der Waals surface area contributed by atoms with Crippen molar-refractivity contribution in [3.8, 4) is 0 Å². The third kappa shape index (κ3) is 68.3. The summed E-state index contributed by atoms with van der Waals surface area (Å²) in [5, 5.41) is 0. The molecule has 1 atom stereocenters. The van der Waals surface area contributed by atoms with E-state index in [9.17, 15) is 14.4 Å². The Morgan fingerprint density at radius 1 is 0.247 bits per heavy atom. The summed E-state index contributed by atoms with van der Waals surface area (Å²) in [7, 11) is 0. The van der Waals surface area contributed by atoms with Gasteiger partial charge in [-0.05, 0) is 77.0 Å². The lowest BCUT2D eigenvalue weighted by molar-refractivity contribution is -0.167. The maximum atomic E-state index is 13.0. The standard InChI is InChI=1S/C75H140O6/c1-4-7-10-13-16-19-22-25-28-30-32-34-35-36-37-38-39-41-42-44-47-50-53-56-59-62-65-68-74(77)80-71-72(70-79-73(76)67-64-61-58-55-52-49-46-27-24-21-18-15-12-9-6-3)81-75(78)69-66-63-60-57-54-51-48-45-43-40-33-31-29-26-23-20-17-14-11-8-5-2/h23,26-27,31,33,46,72H,4-22,24-25,28-30,32,34-45,47-71H2,1-3H3/b26-23-,33-31-,46-27-. The second kappa shape index (κ2) is 70.1. The van der Waals surface area contributed by atoms with Gasteiger partial charge in [0, 0.05) is 19.3 Å². The minimum absolute atomic E-state index is 0.0717. The predicted molar refractivity (Wildman–Crippen MR) is 353 cm³/mol. The van der Waals surface area contributed by atoms with Crippen LogP contribution in [0, 0.1) is 0 Å². The zero-order chi connectivity index (χ0) is 58.5. The van der Waals surface area contributed by atoms with Crippen molar-refractivity contribution >= 4 is 17.9 Å². The van der Waals surface area contributed by atoms with Crippen molar-refractivity contribution in [1.29, 1.82) is 0 Å². The molecule has 0 aliphatic carbocycles. The fourth-order valence-corrected chi connectivity index (χ4v) is 11.1. The average Bonchev–Trinajstić information content (AvgIpc) is 3.47. The molecule has 0 aromatic rings. The van der Waals surface area contributed by atoms with Gasteiger partial charge in [0.15, 0.2) is 6.10 Å². The lowest BCUT2D eigenvalue weighted by Crippen LogP contribution is -2.30. The van der Waals surface area contributed by atoms with E-state index in [-0.39, 0.29) is 31.1 Å². The van der Waals surface area contributed by atoms with Crippen LogP contribution in [0.3, 0.4) is 0 Å². The van der Waals surface area contributed by atoms with E-state index in [1.165, 1.54) is 295 Å². The van der Waals surface area contributed by atoms with Crippen molar-refractivity contribution in [3.05, 3.63) is 36.5 Å². The summed E-state index contributed by atoms with van der Waals surface area (Å²) in [5.74, 6) is -0.855. The van der Waals surface area contributed by atoms with Gasteiger partial charge in [0.25, 0.3) is 0 Å². The van der Waals surface area contributed by atoms with Gasteiger partial charge in [-0.25, -0.2) is 0 Å². The number of ether oxygens (including phenoxy) is 3. The first-order valence-corrected chi connectivity index (χ1v) is 36.5. The van der Waals surface area contributed by atoms with Gasteiger partial charge in [0.2, 0.25) is 0 Å². The van der Waals surface area contributed by atoms with Crippen LogP contribution in [0.25, 0.3) is 0 Å². The maximum Gasteiger partial charge on any atom is 0.306 e. The minimum Gasteiger partial charge on any atom is -0.462 e. The predicted octanol–water partition coefficient (Wildman–Crippen LogP) is 25.1. The largest absolute Gasteiger partial charge is 0.462 e. The van der Waals surface area contributed by atoms with Crippen molar-refractivity contribution < 1.29 is 28.6 Å². The Hall–Kier alpha value is -2.37. The molecule has 0 rings (SSSR count). The Bertz CT molecular complexity index is 1350. The van der Waals surface area contributed by atoms with E-state index >= 15 is 0 Å². The number of unbranched alkanes of at least 4 members (excludes halogenated alkanes) is 51. The number of carbonyl (C=O) groups excluding carboxylic acids is 3. The first kappa shape index (κ1) is 78.6. The highest BCUT2D eigenvalue weighted by Gasteiger charge is 2.19. The van der Waals surface area contributed by atoms with Gasteiger partial charge in [0.1, 0.15) is 13.2 Å². The summed E-state index contributed by atoms with van der Waals surface area (Å²) in [6.07, 6.45) is 87.5. The molecule has 0 amide bonds. The SMILES string of the molecule is CCCCCCC/C=C\C/C=C\CCCCCCCCCCCC(=O)OC(COC(=O)CCCCCCC/C=C\CCCCCCCC)COC(=O)CCCCCCCCCCCCCCCCCCCCCCCCCCCCC. The van der Waals surface area contributed by atoms with E-state index in [0.29, 0.717) is 19.3 Å². The van der Waals surface area contributed by atoms with Crippen LogP contribution in [0.2, 0.25) is 0 Å². The van der Waals surface area contributed by atoms with Gasteiger partial charge in [0.05, 0.1) is 0 Å². The molecule has 0 aromatic heterocycles. The van der Waals surface area contributed by atoms with E-state index in [2.05, 4.69) is 57.2 Å². The third-order valence-electron chi connectivity index (χ3n) is 16.6. The zero-order valence-electron chi connectivity index (χ0n) is 54.8. The maximum absolute atomic E-state index is 13.0. The second-order valence-electron chi connectivity index (χ2n) is 24.9. The number of esters is 3. The van der Waals surface area contributed by atoms with Crippen molar-refractivity contribution in [3.63, 3.8) is 0 Å². The highest BCUT2D eigenvalue weighted by atomic mass is 16.6. The normalized spacial score (nSPS) is 12.2. The van der Waals surface area contributed by atoms with Gasteiger partial charge in [-0.15, -0.1) is 0 Å². The molecule has 0 fully saturated rings. The van der Waals surface area contributed by atoms with Gasteiger partial charge in [-0.2, -0.15) is 0 Å². The molecule has 0 aromatic carbocycles. The van der Waals surface area contributed by atoms with Crippen LogP contribution in [-0.4, -0.2) is 37.2 Å². The topological polar surface area (TPSA) is 78.9 Å². The smallest absolute Gasteiger partial charge is 0.306 e. The Morgan fingerprint density at radius 3 is 0.691 bits per heavy atom. The van der Waals surface area contributed by atoms with Gasteiger partial charge in [-0.1, -0.05) is 346 Å². The number of carbonyl (C=O) groups is 3. The Labute approximate surface area is 506 Å². The van der Waals surface area contributed by atoms with Crippen molar-refractivity contribution in [1.82, 2.24) is 0 Å². The Balaban J connectivity index is 4.25. The van der Waals surface area contributed by atoms with Crippen LogP contribution in [-0.2, 0) is 28.6 Å². The van der Waals surface area contributed by atoms with Crippen molar-refractivity contribution in [2.45, 2.75) is 412 Å². The molecule has 476 valence electrons. The lowest BCUT2D eigenvalue weighted by Gasteiger charge is -2.18. The van der Waals surface area contributed by atoms with Crippen molar-refractivity contribution in [2.75, 3.05) is 13.2 Å². The highest BCUT2D eigenvalue weighted by molar-refractivity contribution is 5.71. The van der Waals surface area contributed by atoms with E-state index in [0.717, 1.165) is 70.6 Å². The molecule has 0 aliphatic heterocycles. The first-order valence-electron chi connectivity index (χ1n) is 36.5. The first-order chi connectivity index (χ1) is 40.0. The van der Waals surface area contributed by atoms with Crippen LogP contribution in [0.5, 0.6) is 0 Å². The summed E-state index contributed by atoms with van der Waals surface area (Å²) < 4.78 is 17.0. The number of allylic oxidation sites excluding steroid dienone is 6. The Kier molecular flexibility index (Phi) is 68.1. The van der Waals surface area contributed by atoms with Crippen molar-refractivity contribution in [2.24, 2.45) is 0 Å². The third-order valence-corrected chi connectivity index (χ3v) is 16.6. The molecule has 0 heterocycles. The summed E-state index contributed by atoms with van der Waals surface area (Å²) in [5.41, 5.74) is 0. The molecule has 0 bridgehead atoms.